The zero-order valence-corrected chi connectivity index (χ0v) is 15.9. The Labute approximate surface area is 157 Å². The number of halogens is 1. The monoisotopic (exact) mass is 351 g/mol. The normalized spacial score (nSPS) is 20.2. The molecule has 1 nitrogen and oxygen atoms in total. The van der Waals surface area contributed by atoms with Crippen LogP contribution in [0.3, 0.4) is 0 Å². The Morgan fingerprint density at radius 2 is 1.77 bits per heavy atom. The molecule has 0 heterocycles. The molecule has 26 heavy (non-hydrogen) atoms. The summed E-state index contributed by atoms with van der Waals surface area (Å²) in [5.41, 5.74) is 1.47. The standard InChI is InChI=1S/C24H30FN/c1-2-3-4-5-6-7-18-8-10-19(11-9-18)20-14-15-23-21(16-20)12-13-22(17-26)24(23)25/h12-16,18-19H,2-11H2,1H3. The average Bonchev–Trinajstić information content (AvgIpc) is 2.68. The molecule has 1 aliphatic rings. The zero-order chi connectivity index (χ0) is 18.4. The number of nitriles is 1. The van der Waals surface area contributed by atoms with Crippen molar-refractivity contribution in [1.29, 1.82) is 5.26 Å². The van der Waals surface area contributed by atoms with Gasteiger partial charge in [-0.25, -0.2) is 4.39 Å². The van der Waals surface area contributed by atoms with Gasteiger partial charge in [0, 0.05) is 5.39 Å². The van der Waals surface area contributed by atoms with Crippen LogP contribution >= 0.6 is 0 Å². The highest BCUT2D eigenvalue weighted by Gasteiger charge is 2.22. The molecule has 1 fully saturated rings. The number of rotatable bonds is 7. The van der Waals surface area contributed by atoms with Gasteiger partial charge in [0.15, 0.2) is 0 Å². The van der Waals surface area contributed by atoms with E-state index >= 15 is 0 Å². The minimum atomic E-state index is -0.386. The molecule has 138 valence electrons. The molecule has 1 saturated carbocycles. The van der Waals surface area contributed by atoms with Crippen LogP contribution in [0.5, 0.6) is 0 Å². The van der Waals surface area contributed by atoms with Gasteiger partial charge in [-0.2, -0.15) is 5.26 Å². The van der Waals surface area contributed by atoms with E-state index in [4.69, 9.17) is 5.26 Å². The van der Waals surface area contributed by atoms with E-state index < -0.39 is 0 Å². The minimum absolute atomic E-state index is 0.129. The SMILES string of the molecule is CCCCCCCC1CCC(c2ccc3c(F)c(C#N)ccc3c2)CC1. The Hall–Kier alpha value is -1.88. The molecule has 0 atom stereocenters. The number of nitrogens with zero attached hydrogens (tertiary/aromatic N) is 1. The second-order valence-corrected chi connectivity index (χ2v) is 7.94. The van der Waals surface area contributed by atoms with Crippen LogP contribution in [-0.4, -0.2) is 0 Å². The second-order valence-electron chi connectivity index (χ2n) is 7.94. The molecular weight excluding hydrogens is 321 g/mol. The summed E-state index contributed by atoms with van der Waals surface area (Å²) in [7, 11) is 0. The fraction of sp³-hybridized carbons (Fsp3) is 0.542. The fourth-order valence-electron chi connectivity index (χ4n) is 4.47. The highest BCUT2D eigenvalue weighted by Crippen LogP contribution is 2.38. The van der Waals surface area contributed by atoms with Crippen LogP contribution in [0.4, 0.5) is 4.39 Å². The molecule has 0 amide bonds. The Morgan fingerprint density at radius 1 is 1.00 bits per heavy atom. The lowest BCUT2D eigenvalue weighted by atomic mass is 9.76. The summed E-state index contributed by atoms with van der Waals surface area (Å²) in [5.74, 6) is 1.13. The lowest BCUT2D eigenvalue weighted by Crippen LogP contribution is -2.13. The second kappa shape index (κ2) is 9.17. The molecular formula is C24H30FN. The molecule has 0 bridgehead atoms. The van der Waals surface area contributed by atoms with Crippen LogP contribution < -0.4 is 0 Å². The van der Waals surface area contributed by atoms with Gasteiger partial charge >= 0.3 is 0 Å². The van der Waals surface area contributed by atoms with Gasteiger partial charge in [-0.3, -0.25) is 0 Å². The van der Waals surface area contributed by atoms with Gasteiger partial charge in [0.05, 0.1) is 5.56 Å². The van der Waals surface area contributed by atoms with E-state index in [1.165, 1.54) is 69.8 Å². The van der Waals surface area contributed by atoms with E-state index in [0.29, 0.717) is 11.3 Å². The van der Waals surface area contributed by atoms with Crippen molar-refractivity contribution in [2.75, 3.05) is 0 Å². The molecule has 0 radical (unpaired) electrons. The van der Waals surface area contributed by atoms with Crippen molar-refractivity contribution in [3.05, 3.63) is 47.3 Å². The number of fused-ring (bicyclic) bond motifs is 1. The number of hydrogen-bond donors (Lipinski definition) is 0. The molecule has 0 aliphatic heterocycles. The number of benzene rings is 2. The zero-order valence-electron chi connectivity index (χ0n) is 15.9. The molecule has 0 unspecified atom stereocenters. The smallest absolute Gasteiger partial charge is 0.148 e. The molecule has 0 spiro atoms. The molecule has 2 aromatic rings. The van der Waals surface area contributed by atoms with Crippen molar-refractivity contribution in [1.82, 2.24) is 0 Å². The van der Waals surface area contributed by atoms with E-state index in [2.05, 4.69) is 19.1 Å². The molecule has 2 aromatic carbocycles. The van der Waals surface area contributed by atoms with E-state index in [1.54, 1.807) is 6.07 Å². The van der Waals surface area contributed by atoms with Crippen LogP contribution in [0.2, 0.25) is 0 Å². The first-order valence-corrected chi connectivity index (χ1v) is 10.3. The molecule has 1 aliphatic carbocycles. The number of unbranched alkanes of at least 4 members (excludes halogenated alkanes) is 4. The predicted octanol–water partition coefficient (Wildman–Crippen LogP) is 7.48. The first-order chi connectivity index (χ1) is 12.7. The Bertz CT molecular complexity index is 766. The van der Waals surface area contributed by atoms with Crippen molar-refractivity contribution in [3.8, 4) is 6.07 Å². The van der Waals surface area contributed by atoms with Gasteiger partial charge in [-0.1, -0.05) is 69.7 Å². The van der Waals surface area contributed by atoms with E-state index in [0.717, 1.165) is 11.3 Å². The Balaban J connectivity index is 1.57. The quantitative estimate of drug-likeness (QED) is 0.474. The Morgan fingerprint density at radius 3 is 2.50 bits per heavy atom. The first-order valence-electron chi connectivity index (χ1n) is 10.3. The maximum Gasteiger partial charge on any atom is 0.148 e. The minimum Gasteiger partial charge on any atom is -0.205 e. The maximum absolute atomic E-state index is 14.3. The summed E-state index contributed by atoms with van der Waals surface area (Å²) in [5, 5.41) is 10.5. The van der Waals surface area contributed by atoms with Gasteiger partial charge in [0.2, 0.25) is 0 Å². The van der Waals surface area contributed by atoms with Gasteiger partial charge in [-0.15, -0.1) is 0 Å². The topological polar surface area (TPSA) is 23.8 Å². The van der Waals surface area contributed by atoms with Gasteiger partial charge < -0.3 is 0 Å². The van der Waals surface area contributed by atoms with Crippen molar-refractivity contribution < 1.29 is 4.39 Å². The third-order valence-electron chi connectivity index (χ3n) is 6.13. The summed E-state index contributed by atoms with van der Waals surface area (Å²) in [6.07, 6.45) is 13.5. The highest BCUT2D eigenvalue weighted by molar-refractivity contribution is 5.85. The fourth-order valence-corrected chi connectivity index (χ4v) is 4.47. The van der Waals surface area contributed by atoms with Crippen LogP contribution in [-0.2, 0) is 0 Å². The van der Waals surface area contributed by atoms with E-state index in [1.807, 2.05) is 18.2 Å². The summed E-state index contributed by atoms with van der Waals surface area (Å²) in [6, 6.07) is 11.5. The van der Waals surface area contributed by atoms with E-state index in [9.17, 15) is 4.39 Å². The van der Waals surface area contributed by atoms with E-state index in [-0.39, 0.29) is 11.4 Å². The highest BCUT2D eigenvalue weighted by atomic mass is 19.1. The summed E-state index contributed by atoms with van der Waals surface area (Å²) < 4.78 is 14.3. The molecule has 0 N–H and O–H groups in total. The van der Waals surface area contributed by atoms with Crippen molar-refractivity contribution >= 4 is 10.8 Å². The lowest BCUT2D eigenvalue weighted by Gasteiger charge is -2.29. The molecule has 0 aromatic heterocycles. The van der Waals surface area contributed by atoms with Crippen LogP contribution in [0.25, 0.3) is 10.8 Å². The van der Waals surface area contributed by atoms with Crippen LogP contribution in [0, 0.1) is 23.1 Å². The predicted molar refractivity (Wildman–Crippen MR) is 107 cm³/mol. The summed E-state index contributed by atoms with van der Waals surface area (Å²) >= 11 is 0. The van der Waals surface area contributed by atoms with Crippen molar-refractivity contribution in [2.24, 2.45) is 5.92 Å². The van der Waals surface area contributed by atoms with Gasteiger partial charge in [0.25, 0.3) is 0 Å². The van der Waals surface area contributed by atoms with Gasteiger partial charge in [0.1, 0.15) is 11.9 Å². The van der Waals surface area contributed by atoms with Crippen molar-refractivity contribution in [2.45, 2.75) is 77.0 Å². The van der Waals surface area contributed by atoms with Crippen LogP contribution in [0.15, 0.2) is 30.3 Å². The Kier molecular flexibility index (Phi) is 6.67. The molecule has 3 rings (SSSR count). The number of hydrogen-bond acceptors (Lipinski definition) is 1. The van der Waals surface area contributed by atoms with Gasteiger partial charge in [-0.05, 0) is 54.5 Å². The van der Waals surface area contributed by atoms with Crippen molar-refractivity contribution in [3.63, 3.8) is 0 Å². The molecule has 2 heteroatoms. The average molecular weight is 352 g/mol. The summed E-state index contributed by atoms with van der Waals surface area (Å²) in [4.78, 5) is 0. The largest absolute Gasteiger partial charge is 0.205 e. The summed E-state index contributed by atoms with van der Waals surface area (Å²) in [6.45, 7) is 2.27. The third kappa shape index (κ3) is 4.44. The third-order valence-corrected chi connectivity index (χ3v) is 6.13. The molecule has 0 saturated heterocycles. The van der Waals surface area contributed by atoms with Crippen LogP contribution in [0.1, 0.15) is 88.2 Å². The first kappa shape index (κ1) is 18.9. The lowest BCUT2D eigenvalue weighted by molar-refractivity contribution is 0.302. The maximum atomic E-state index is 14.3.